The number of nitrogens with two attached hydrogens (primary N) is 1. The van der Waals surface area contributed by atoms with Crippen molar-refractivity contribution in [3.63, 3.8) is 0 Å². The second-order valence-electron chi connectivity index (χ2n) is 4.72. The molecule has 1 aromatic rings. The van der Waals surface area contributed by atoms with Crippen molar-refractivity contribution >= 4 is 23.2 Å². The van der Waals surface area contributed by atoms with E-state index in [4.69, 9.17) is 28.9 Å². The minimum atomic E-state index is 0.0751. The second-order valence-corrected chi connectivity index (χ2v) is 5.53. The summed E-state index contributed by atoms with van der Waals surface area (Å²) in [4.78, 5) is 2.35. The van der Waals surface area contributed by atoms with E-state index in [0.29, 0.717) is 22.6 Å². The molecule has 4 heteroatoms. The van der Waals surface area contributed by atoms with Crippen LogP contribution in [0.5, 0.6) is 0 Å². The monoisotopic (exact) mass is 288 g/mol. The van der Waals surface area contributed by atoms with Crippen LogP contribution >= 0.6 is 23.2 Å². The number of hydrogen-bond donors (Lipinski definition) is 1. The van der Waals surface area contributed by atoms with Gasteiger partial charge in [-0.25, -0.2) is 0 Å². The summed E-state index contributed by atoms with van der Waals surface area (Å²) < 4.78 is 0. The SMILES string of the molecule is CCCN(C(C)C)C(CN)c1c(Cl)cccc1Cl. The Morgan fingerprint density at radius 2 is 1.78 bits per heavy atom. The average molecular weight is 289 g/mol. The van der Waals surface area contributed by atoms with Crippen molar-refractivity contribution in [3.05, 3.63) is 33.8 Å². The van der Waals surface area contributed by atoms with Crippen LogP contribution in [0.15, 0.2) is 18.2 Å². The Bertz CT molecular complexity index is 360. The molecule has 0 amide bonds. The van der Waals surface area contributed by atoms with E-state index in [1.165, 1.54) is 0 Å². The van der Waals surface area contributed by atoms with Gasteiger partial charge in [-0.2, -0.15) is 0 Å². The molecule has 0 saturated carbocycles. The van der Waals surface area contributed by atoms with Crippen LogP contribution in [0.25, 0.3) is 0 Å². The van der Waals surface area contributed by atoms with Gasteiger partial charge >= 0.3 is 0 Å². The van der Waals surface area contributed by atoms with Crippen LogP contribution in [0.3, 0.4) is 0 Å². The van der Waals surface area contributed by atoms with Crippen molar-refractivity contribution in [3.8, 4) is 0 Å². The molecule has 0 fully saturated rings. The van der Waals surface area contributed by atoms with Crippen LogP contribution in [-0.4, -0.2) is 24.0 Å². The van der Waals surface area contributed by atoms with Gasteiger partial charge in [-0.3, -0.25) is 4.90 Å². The van der Waals surface area contributed by atoms with E-state index in [1.807, 2.05) is 18.2 Å². The molecule has 2 nitrogen and oxygen atoms in total. The number of hydrogen-bond acceptors (Lipinski definition) is 2. The minimum absolute atomic E-state index is 0.0751. The highest BCUT2D eigenvalue weighted by Gasteiger charge is 2.24. The van der Waals surface area contributed by atoms with Crippen LogP contribution in [-0.2, 0) is 0 Å². The van der Waals surface area contributed by atoms with Gasteiger partial charge in [0.25, 0.3) is 0 Å². The molecule has 0 aromatic heterocycles. The lowest BCUT2D eigenvalue weighted by Gasteiger charge is -2.35. The Balaban J connectivity index is 3.14. The molecule has 0 aliphatic carbocycles. The van der Waals surface area contributed by atoms with Crippen molar-refractivity contribution in [2.75, 3.05) is 13.1 Å². The number of benzene rings is 1. The maximum absolute atomic E-state index is 6.29. The molecule has 0 aliphatic heterocycles. The molecule has 0 spiro atoms. The largest absolute Gasteiger partial charge is 0.329 e. The standard InChI is InChI=1S/C14H22Cl2N2/c1-4-8-18(10(2)3)13(9-17)14-11(15)6-5-7-12(14)16/h5-7,10,13H,4,8-9,17H2,1-3H3. The van der Waals surface area contributed by atoms with Crippen molar-refractivity contribution < 1.29 is 0 Å². The quantitative estimate of drug-likeness (QED) is 0.853. The molecule has 18 heavy (non-hydrogen) atoms. The van der Waals surface area contributed by atoms with Gasteiger partial charge in [0.1, 0.15) is 0 Å². The zero-order valence-corrected chi connectivity index (χ0v) is 12.8. The molecule has 0 heterocycles. The lowest BCUT2D eigenvalue weighted by atomic mass is 10.0. The Morgan fingerprint density at radius 3 is 2.17 bits per heavy atom. The van der Waals surface area contributed by atoms with Crippen LogP contribution in [0.2, 0.25) is 10.0 Å². The van der Waals surface area contributed by atoms with Gasteiger partial charge in [-0.15, -0.1) is 0 Å². The first kappa shape index (κ1) is 15.8. The molecular formula is C14H22Cl2N2. The fourth-order valence-corrected chi connectivity index (χ4v) is 2.93. The van der Waals surface area contributed by atoms with Gasteiger partial charge in [0.15, 0.2) is 0 Å². The summed E-state index contributed by atoms with van der Waals surface area (Å²) in [6.45, 7) is 8.01. The number of rotatable bonds is 6. The van der Waals surface area contributed by atoms with Crippen LogP contribution in [0, 0.1) is 0 Å². The van der Waals surface area contributed by atoms with E-state index >= 15 is 0 Å². The Morgan fingerprint density at radius 1 is 1.22 bits per heavy atom. The van der Waals surface area contributed by atoms with E-state index in [9.17, 15) is 0 Å². The summed E-state index contributed by atoms with van der Waals surface area (Å²) in [5, 5.41) is 1.39. The van der Waals surface area contributed by atoms with Gasteiger partial charge in [0.2, 0.25) is 0 Å². The summed E-state index contributed by atoms with van der Waals surface area (Å²) in [7, 11) is 0. The highest BCUT2D eigenvalue weighted by molar-refractivity contribution is 6.36. The molecule has 1 atom stereocenters. The average Bonchev–Trinajstić information content (AvgIpc) is 2.31. The smallest absolute Gasteiger partial charge is 0.0502 e. The van der Waals surface area contributed by atoms with Crippen molar-refractivity contribution in [2.24, 2.45) is 5.73 Å². The maximum atomic E-state index is 6.29. The van der Waals surface area contributed by atoms with Crippen LogP contribution in [0.4, 0.5) is 0 Å². The minimum Gasteiger partial charge on any atom is -0.329 e. The Hall–Kier alpha value is -0.280. The number of nitrogens with zero attached hydrogens (tertiary/aromatic N) is 1. The second kappa shape index (κ2) is 7.34. The molecule has 0 bridgehead atoms. The molecule has 2 N–H and O–H groups in total. The molecule has 1 unspecified atom stereocenters. The first-order valence-corrected chi connectivity index (χ1v) is 7.18. The predicted molar refractivity (Wildman–Crippen MR) is 80.4 cm³/mol. The predicted octanol–water partition coefficient (Wildman–Crippen LogP) is 4.11. The van der Waals surface area contributed by atoms with Crippen molar-refractivity contribution in [1.82, 2.24) is 4.90 Å². The van der Waals surface area contributed by atoms with E-state index in [1.54, 1.807) is 0 Å². The van der Waals surface area contributed by atoms with Crippen LogP contribution < -0.4 is 5.73 Å². The maximum Gasteiger partial charge on any atom is 0.0502 e. The van der Waals surface area contributed by atoms with E-state index in [2.05, 4.69) is 25.7 Å². The van der Waals surface area contributed by atoms with Crippen LogP contribution in [0.1, 0.15) is 38.8 Å². The summed E-state index contributed by atoms with van der Waals surface area (Å²) in [6.07, 6.45) is 1.08. The lowest BCUT2D eigenvalue weighted by Crippen LogP contribution is -2.39. The fourth-order valence-electron chi connectivity index (χ4n) is 2.28. The lowest BCUT2D eigenvalue weighted by molar-refractivity contribution is 0.157. The first-order chi connectivity index (χ1) is 8.52. The molecular weight excluding hydrogens is 267 g/mol. The van der Waals surface area contributed by atoms with Gasteiger partial charge in [-0.05, 0) is 38.9 Å². The van der Waals surface area contributed by atoms with Gasteiger partial charge in [-0.1, -0.05) is 36.2 Å². The summed E-state index contributed by atoms with van der Waals surface area (Å²) in [5.41, 5.74) is 6.90. The van der Waals surface area contributed by atoms with E-state index in [-0.39, 0.29) is 6.04 Å². The normalized spacial score (nSPS) is 13.3. The molecule has 1 rings (SSSR count). The molecule has 0 aliphatic rings. The first-order valence-electron chi connectivity index (χ1n) is 6.42. The highest BCUT2D eigenvalue weighted by atomic mass is 35.5. The fraction of sp³-hybridized carbons (Fsp3) is 0.571. The zero-order valence-electron chi connectivity index (χ0n) is 11.3. The van der Waals surface area contributed by atoms with E-state index in [0.717, 1.165) is 18.5 Å². The Kier molecular flexibility index (Phi) is 6.44. The molecule has 0 saturated heterocycles. The summed E-state index contributed by atoms with van der Waals surface area (Å²) >= 11 is 12.6. The third kappa shape index (κ3) is 3.61. The molecule has 1 aromatic carbocycles. The topological polar surface area (TPSA) is 29.3 Å². The zero-order chi connectivity index (χ0) is 13.7. The molecule has 0 radical (unpaired) electrons. The molecule has 102 valence electrons. The van der Waals surface area contributed by atoms with Gasteiger partial charge < -0.3 is 5.73 Å². The van der Waals surface area contributed by atoms with Crippen molar-refractivity contribution in [1.29, 1.82) is 0 Å². The van der Waals surface area contributed by atoms with Gasteiger partial charge in [0.05, 0.1) is 6.04 Å². The third-order valence-electron chi connectivity index (χ3n) is 3.10. The number of halogens is 2. The summed E-state index contributed by atoms with van der Waals surface area (Å²) in [5.74, 6) is 0. The highest BCUT2D eigenvalue weighted by Crippen LogP contribution is 2.34. The van der Waals surface area contributed by atoms with Crippen molar-refractivity contribution in [2.45, 2.75) is 39.3 Å². The summed E-state index contributed by atoms with van der Waals surface area (Å²) in [6, 6.07) is 6.09. The van der Waals surface area contributed by atoms with E-state index < -0.39 is 0 Å². The Labute approximate surface area is 120 Å². The third-order valence-corrected chi connectivity index (χ3v) is 3.76. The van der Waals surface area contributed by atoms with Gasteiger partial charge in [0, 0.05) is 28.2 Å².